The molecule has 0 aliphatic carbocycles. The number of rotatable bonds is 8. The van der Waals surface area contributed by atoms with Crippen LogP contribution in [0, 0.1) is 11.3 Å². The summed E-state index contributed by atoms with van der Waals surface area (Å²) in [6, 6.07) is 0.0568. The Morgan fingerprint density at radius 1 is 1.28 bits per heavy atom. The van der Waals surface area contributed by atoms with Crippen molar-refractivity contribution in [1.29, 1.82) is 5.41 Å². The van der Waals surface area contributed by atoms with E-state index in [9.17, 15) is 13.2 Å². The van der Waals surface area contributed by atoms with E-state index in [1.807, 2.05) is 27.7 Å². The van der Waals surface area contributed by atoms with Crippen LogP contribution in [0.5, 0.6) is 0 Å². The fraction of sp³-hybridized carbons (Fsp3) is 0.562. The van der Waals surface area contributed by atoms with E-state index in [2.05, 4.69) is 25.9 Å². The molecule has 6 nitrogen and oxygen atoms in total. The zero-order valence-electron chi connectivity index (χ0n) is 15.0. The largest absolute Gasteiger partial charge is 0.421 e. The first-order valence-electron chi connectivity index (χ1n) is 8.06. The van der Waals surface area contributed by atoms with Crippen molar-refractivity contribution in [2.24, 2.45) is 5.92 Å². The zero-order valence-corrected chi connectivity index (χ0v) is 15.0. The molecule has 140 valence electrons. The first-order valence-corrected chi connectivity index (χ1v) is 8.06. The molecule has 0 saturated heterocycles. The molecule has 0 saturated carbocycles. The maximum atomic E-state index is 13.0. The lowest BCUT2D eigenvalue weighted by Gasteiger charge is -2.18. The predicted molar refractivity (Wildman–Crippen MR) is 93.7 cm³/mol. The Kier molecular flexibility index (Phi) is 7.20. The van der Waals surface area contributed by atoms with Crippen LogP contribution in [0.15, 0.2) is 18.1 Å². The minimum atomic E-state index is -4.54. The highest BCUT2D eigenvalue weighted by molar-refractivity contribution is 5.94. The summed E-state index contributed by atoms with van der Waals surface area (Å²) in [5.74, 6) is 0.197. The third kappa shape index (κ3) is 6.60. The van der Waals surface area contributed by atoms with Gasteiger partial charge in [0.2, 0.25) is 5.95 Å². The Hall–Kier alpha value is -2.32. The van der Waals surface area contributed by atoms with Crippen molar-refractivity contribution in [2.45, 2.75) is 46.8 Å². The second kappa shape index (κ2) is 8.68. The molecule has 1 aromatic heterocycles. The highest BCUT2D eigenvalue weighted by Gasteiger charge is 2.35. The van der Waals surface area contributed by atoms with Crippen LogP contribution in [0.25, 0.3) is 0 Å². The van der Waals surface area contributed by atoms with Gasteiger partial charge in [0.15, 0.2) is 0 Å². The van der Waals surface area contributed by atoms with Crippen LogP contribution in [-0.2, 0) is 6.18 Å². The van der Waals surface area contributed by atoms with E-state index in [4.69, 9.17) is 5.41 Å². The number of nitrogens with one attached hydrogen (secondary N) is 4. The summed E-state index contributed by atoms with van der Waals surface area (Å²) in [7, 11) is 0. The first kappa shape index (κ1) is 20.7. The molecule has 0 spiro atoms. The summed E-state index contributed by atoms with van der Waals surface area (Å²) < 4.78 is 39.0. The second-order valence-corrected chi connectivity index (χ2v) is 6.08. The monoisotopic (exact) mass is 358 g/mol. The van der Waals surface area contributed by atoms with Crippen LogP contribution in [0.3, 0.4) is 0 Å². The number of halogens is 3. The molecule has 0 radical (unpaired) electrons. The molecule has 1 heterocycles. The Morgan fingerprint density at radius 3 is 2.40 bits per heavy atom. The molecule has 1 aromatic rings. The molecule has 0 aliphatic rings. The quantitative estimate of drug-likeness (QED) is 0.530. The van der Waals surface area contributed by atoms with Gasteiger partial charge < -0.3 is 21.4 Å². The van der Waals surface area contributed by atoms with Crippen LogP contribution in [0.4, 0.5) is 24.9 Å². The van der Waals surface area contributed by atoms with Gasteiger partial charge in [-0.25, -0.2) is 4.98 Å². The smallest absolute Gasteiger partial charge is 0.370 e. The third-order valence-electron chi connectivity index (χ3n) is 3.05. The topological polar surface area (TPSA) is 85.7 Å². The SMILES string of the molecule is CCNc1nc(N/C(=C/C(=N)C(C)C)NC(C)C)ncc1C(F)(F)F. The molecular weight excluding hydrogens is 333 g/mol. The number of nitrogens with zero attached hydrogens (tertiary/aromatic N) is 2. The Morgan fingerprint density at radius 2 is 1.92 bits per heavy atom. The van der Waals surface area contributed by atoms with Crippen LogP contribution in [0.1, 0.15) is 40.2 Å². The summed E-state index contributed by atoms with van der Waals surface area (Å²) >= 11 is 0. The van der Waals surface area contributed by atoms with Gasteiger partial charge in [-0.05, 0) is 32.8 Å². The van der Waals surface area contributed by atoms with Gasteiger partial charge in [0, 0.05) is 24.5 Å². The average Bonchev–Trinajstić information content (AvgIpc) is 2.45. The molecule has 0 fully saturated rings. The highest BCUT2D eigenvalue weighted by Crippen LogP contribution is 2.33. The maximum absolute atomic E-state index is 13.0. The van der Waals surface area contributed by atoms with Crippen molar-refractivity contribution < 1.29 is 13.2 Å². The van der Waals surface area contributed by atoms with Crippen molar-refractivity contribution >= 4 is 17.5 Å². The van der Waals surface area contributed by atoms with Gasteiger partial charge in [0.25, 0.3) is 0 Å². The van der Waals surface area contributed by atoms with Crippen LogP contribution < -0.4 is 16.0 Å². The lowest BCUT2D eigenvalue weighted by molar-refractivity contribution is -0.137. The molecule has 0 aliphatic heterocycles. The van der Waals surface area contributed by atoms with Gasteiger partial charge in [-0.15, -0.1) is 0 Å². The Balaban J connectivity index is 3.16. The van der Waals surface area contributed by atoms with Crippen molar-refractivity contribution in [1.82, 2.24) is 15.3 Å². The fourth-order valence-corrected chi connectivity index (χ4v) is 1.82. The second-order valence-electron chi connectivity index (χ2n) is 6.08. The summed E-state index contributed by atoms with van der Waals surface area (Å²) in [5.41, 5.74) is -0.549. The van der Waals surface area contributed by atoms with Gasteiger partial charge in [-0.1, -0.05) is 13.8 Å². The standard InChI is InChI=1S/C16H25F3N6/c1-6-21-14-11(16(17,18)19)8-22-15(25-14)24-13(23-10(4)5)7-12(20)9(2)3/h7-10,20,23H,6H2,1-5H3,(H2,21,22,24,25)/b13-7+,20-12?. The fourth-order valence-electron chi connectivity index (χ4n) is 1.82. The van der Waals surface area contributed by atoms with Gasteiger partial charge in [-0.2, -0.15) is 18.2 Å². The Bertz CT molecular complexity index is 623. The number of alkyl halides is 3. The first-order chi connectivity index (χ1) is 11.5. The van der Waals surface area contributed by atoms with E-state index in [-0.39, 0.29) is 23.7 Å². The van der Waals surface area contributed by atoms with Gasteiger partial charge in [-0.3, -0.25) is 0 Å². The van der Waals surface area contributed by atoms with E-state index < -0.39 is 11.7 Å². The van der Waals surface area contributed by atoms with Crippen molar-refractivity contribution in [3.05, 3.63) is 23.7 Å². The zero-order chi connectivity index (χ0) is 19.2. The molecule has 4 N–H and O–H groups in total. The van der Waals surface area contributed by atoms with Gasteiger partial charge in [0.05, 0.1) is 0 Å². The lowest BCUT2D eigenvalue weighted by Crippen LogP contribution is -2.28. The molecular formula is C16H25F3N6. The van der Waals surface area contributed by atoms with Crippen LogP contribution in [-0.4, -0.2) is 28.3 Å². The molecule has 9 heteroatoms. The maximum Gasteiger partial charge on any atom is 0.421 e. The van der Waals surface area contributed by atoms with Crippen LogP contribution in [0.2, 0.25) is 0 Å². The van der Waals surface area contributed by atoms with Crippen molar-refractivity contribution in [3.8, 4) is 0 Å². The summed E-state index contributed by atoms with van der Waals surface area (Å²) in [5, 5.41) is 16.5. The minimum Gasteiger partial charge on any atom is -0.370 e. The van der Waals surface area contributed by atoms with E-state index in [1.54, 1.807) is 13.0 Å². The molecule has 0 aromatic carbocycles. The molecule has 25 heavy (non-hydrogen) atoms. The Labute approximate surface area is 145 Å². The lowest BCUT2D eigenvalue weighted by atomic mass is 10.1. The van der Waals surface area contributed by atoms with Gasteiger partial charge in [0.1, 0.15) is 17.2 Å². The summed E-state index contributed by atoms with van der Waals surface area (Å²) in [4.78, 5) is 7.68. The number of hydrogen-bond donors (Lipinski definition) is 4. The van der Waals surface area contributed by atoms with E-state index in [0.29, 0.717) is 18.1 Å². The van der Waals surface area contributed by atoms with Gasteiger partial charge >= 0.3 is 6.18 Å². The third-order valence-corrected chi connectivity index (χ3v) is 3.05. The predicted octanol–water partition coefficient (Wildman–Crippen LogP) is 3.85. The molecule has 0 atom stereocenters. The average molecular weight is 358 g/mol. The molecule has 0 amide bonds. The minimum absolute atomic E-state index is 0.0107. The van der Waals surface area contributed by atoms with E-state index in [0.717, 1.165) is 6.20 Å². The number of aromatic nitrogens is 2. The normalized spacial score (nSPS) is 12.5. The van der Waals surface area contributed by atoms with Crippen molar-refractivity contribution in [3.63, 3.8) is 0 Å². The number of allylic oxidation sites excluding steroid dienone is 1. The number of anilines is 2. The van der Waals surface area contributed by atoms with E-state index >= 15 is 0 Å². The molecule has 0 unspecified atom stereocenters. The van der Waals surface area contributed by atoms with Crippen molar-refractivity contribution in [2.75, 3.05) is 17.2 Å². The van der Waals surface area contributed by atoms with Crippen LogP contribution >= 0.6 is 0 Å². The molecule has 1 rings (SSSR count). The summed E-state index contributed by atoms with van der Waals surface area (Å²) in [6.07, 6.45) is -2.21. The van der Waals surface area contributed by atoms with E-state index in [1.165, 1.54) is 0 Å². The highest BCUT2D eigenvalue weighted by atomic mass is 19.4. The summed E-state index contributed by atoms with van der Waals surface area (Å²) in [6.45, 7) is 9.56. The molecule has 0 bridgehead atoms. The number of hydrogen-bond acceptors (Lipinski definition) is 6.